The van der Waals surface area contributed by atoms with Crippen LogP contribution in [0.4, 0.5) is 0 Å². The molecule has 0 saturated heterocycles. The summed E-state index contributed by atoms with van der Waals surface area (Å²) < 4.78 is 3.78. The molecule has 8 heteroatoms. The Labute approximate surface area is 195 Å². The van der Waals surface area contributed by atoms with Crippen LogP contribution in [0.5, 0.6) is 0 Å². The summed E-state index contributed by atoms with van der Waals surface area (Å²) in [6.07, 6.45) is 7.22. The van der Waals surface area contributed by atoms with Crippen LogP contribution in [-0.2, 0) is 18.8 Å². The molecule has 0 atom stereocenters. The molecule has 0 radical (unpaired) electrons. The Morgan fingerprint density at radius 2 is 1.88 bits per heavy atom. The van der Waals surface area contributed by atoms with E-state index in [-0.39, 0.29) is 5.91 Å². The minimum atomic E-state index is -0.0882. The highest BCUT2D eigenvalue weighted by atomic mass is 32.2. The molecule has 3 heterocycles. The van der Waals surface area contributed by atoms with Crippen LogP contribution in [0.25, 0.3) is 5.65 Å². The van der Waals surface area contributed by atoms with Crippen LogP contribution in [0.3, 0.4) is 0 Å². The fraction of sp³-hybridized carbons (Fsp3) is 0.120. The van der Waals surface area contributed by atoms with Gasteiger partial charge in [-0.15, -0.1) is 11.8 Å². The summed E-state index contributed by atoms with van der Waals surface area (Å²) in [4.78, 5) is 22.5. The van der Waals surface area contributed by atoms with E-state index in [0.29, 0.717) is 24.4 Å². The number of benzene rings is 2. The van der Waals surface area contributed by atoms with Crippen LogP contribution in [0.1, 0.15) is 27.2 Å². The quantitative estimate of drug-likeness (QED) is 0.356. The normalized spacial score (nSPS) is 11.0. The van der Waals surface area contributed by atoms with Gasteiger partial charge in [-0.1, -0.05) is 42.5 Å². The number of hydrogen-bond donors (Lipinski definition) is 1. The van der Waals surface area contributed by atoms with Gasteiger partial charge >= 0.3 is 0 Å². The van der Waals surface area contributed by atoms with Crippen LogP contribution < -0.4 is 5.32 Å². The van der Waals surface area contributed by atoms with Gasteiger partial charge in [0.25, 0.3) is 5.91 Å². The summed E-state index contributed by atoms with van der Waals surface area (Å²) in [6, 6.07) is 21.7. The molecule has 7 nitrogen and oxygen atoms in total. The number of hydrogen-bond acceptors (Lipinski definition) is 5. The van der Waals surface area contributed by atoms with Crippen molar-refractivity contribution in [2.24, 2.45) is 0 Å². The Kier molecular flexibility index (Phi) is 6.16. The highest BCUT2D eigenvalue weighted by molar-refractivity contribution is 7.98. The molecule has 0 fully saturated rings. The first-order valence-corrected chi connectivity index (χ1v) is 11.6. The number of aromatic nitrogens is 5. The Morgan fingerprint density at radius 3 is 2.76 bits per heavy atom. The van der Waals surface area contributed by atoms with Crippen molar-refractivity contribution >= 4 is 23.3 Å². The molecular weight excluding hydrogens is 432 g/mol. The summed E-state index contributed by atoms with van der Waals surface area (Å²) in [6.45, 7) is 1.10. The monoisotopic (exact) mass is 454 g/mol. The molecule has 5 rings (SSSR count). The first-order valence-electron chi connectivity index (χ1n) is 10.6. The number of amides is 1. The second kappa shape index (κ2) is 9.70. The van der Waals surface area contributed by atoms with E-state index in [9.17, 15) is 4.79 Å². The third-order valence-electron chi connectivity index (χ3n) is 5.18. The van der Waals surface area contributed by atoms with E-state index in [0.717, 1.165) is 27.4 Å². The van der Waals surface area contributed by atoms with Crippen molar-refractivity contribution in [3.05, 3.63) is 114 Å². The van der Waals surface area contributed by atoms with E-state index < -0.39 is 0 Å². The van der Waals surface area contributed by atoms with Gasteiger partial charge in [0.15, 0.2) is 0 Å². The summed E-state index contributed by atoms with van der Waals surface area (Å²) in [5.74, 6) is 0.603. The lowest BCUT2D eigenvalue weighted by molar-refractivity contribution is 0.0948. The van der Waals surface area contributed by atoms with Crippen molar-refractivity contribution in [2.75, 3.05) is 0 Å². The van der Waals surface area contributed by atoms with Crippen LogP contribution in [-0.4, -0.2) is 30.1 Å². The van der Waals surface area contributed by atoms with Gasteiger partial charge in [0, 0.05) is 29.6 Å². The number of imidazole rings is 1. The maximum absolute atomic E-state index is 13.0. The second-order valence-corrected chi connectivity index (χ2v) is 8.60. The van der Waals surface area contributed by atoms with Gasteiger partial charge in [-0.3, -0.25) is 4.79 Å². The predicted molar refractivity (Wildman–Crippen MR) is 128 cm³/mol. The smallest absolute Gasteiger partial charge is 0.252 e. The number of carbonyl (C=O) groups excluding carboxylic acids is 1. The summed E-state index contributed by atoms with van der Waals surface area (Å²) in [5.41, 5.74) is 4.72. The molecule has 0 bridgehead atoms. The average molecular weight is 455 g/mol. The van der Waals surface area contributed by atoms with Crippen molar-refractivity contribution in [3.8, 4) is 0 Å². The van der Waals surface area contributed by atoms with E-state index in [4.69, 9.17) is 0 Å². The standard InChI is InChI=1S/C25H22N6OS/c32-25(27-13-19-6-5-7-20(12-19)14-31-18-26-17-28-31)22-8-1-2-9-23(22)33-16-21-15-30-11-4-3-10-24(30)29-21/h1-12,15,17-18H,13-14,16H2,(H,27,32). The molecule has 3 aromatic heterocycles. The van der Waals surface area contributed by atoms with Crippen LogP contribution in [0, 0.1) is 0 Å². The Bertz CT molecular complexity index is 1350. The van der Waals surface area contributed by atoms with Crippen molar-refractivity contribution in [1.29, 1.82) is 0 Å². The molecule has 0 saturated carbocycles. The topological polar surface area (TPSA) is 77.1 Å². The highest BCUT2D eigenvalue weighted by Gasteiger charge is 2.12. The van der Waals surface area contributed by atoms with Gasteiger partial charge in [0.05, 0.1) is 17.8 Å². The number of thioether (sulfide) groups is 1. The minimum Gasteiger partial charge on any atom is -0.348 e. The fourth-order valence-corrected chi connectivity index (χ4v) is 4.54. The molecule has 33 heavy (non-hydrogen) atoms. The number of fused-ring (bicyclic) bond motifs is 1. The number of rotatable bonds is 8. The SMILES string of the molecule is O=C(NCc1cccc(Cn2cncn2)c1)c1ccccc1SCc1cn2ccccc2n1. The van der Waals surface area contributed by atoms with Crippen LogP contribution in [0.15, 0.2) is 96.7 Å². The molecule has 0 aliphatic rings. The zero-order valence-corrected chi connectivity index (χ0v) is 18.7. The summed E-state index contributed by atoms with van der Waals surface area (Å²) in [7, 11) is 0. The largest absolute Gasteiger partial charge is 0.348 e. The summed E-state index contributed by atoms with van der Waals surface area (Å²) >= 11 is 1.62. The molecule has 0 spiro atoms. The zero-order valence-electron chi connectivity index (χ0n) is 17.8. The molecular formula is C25H22N6OS. The first kappa shape index (κ1) is 21.0. The third kappa shape index (κ3) is 5.12. The van der Waals surface area contributed by atoms with Gasteiger partial charge < -0.3 is 9.72 Å². The number of carbonyl (C=O) groups is 1. The minimum absolute atomic E-state index is 0.0882. The Hall–Kier alpha value is -3.91. The number of pyridine rings is 1. The van der Waals surface area contributed by atoms with Gasteiger partial charge in [-0.25, -0.2) is 14.6 Å². The van der Waals surface area contributed by atoms with Crippen LogP contribution in [0.2, 0.25) is 0 Å². The number of nitrogens with one attached hydrogen (secondary N) is 1. The van der Waals surface area contributed by atoms with Crippen molar-refractivity contribution in [1.82, 2.24) is 29.5 Å². The van der Waals surface area contributed by atoms with Crippen molar-refractivity contribution in [2.45, 2.75) is 23.7 Å². The Balaban J connectivity index is 1.23. The maximum atomic E-state index is 13.0. The molecule has 1 N–H and O–H groups in total. The number of nitrogens with zero attached hydrogens (tertiary/aromatic N) is 5. The van der Waals surface area contributed by atoms with Crippen molar-refractivity contribution in [3.63, 3.8) is 0 Å². The van der Waals surface area contributed by atoms with Gasteiger partial charge in [0.1, 0.15) is 18.3 Å². The van der Waals surface area contributed by atoms with E-state index >= 15 is 0 Å². The van der Waals surface area contributed by atoms with Gasteiger partial charge in [0.2, 0.25) is 0 Å². The second-order valence-electron chi connectivity index (χ2n) is 7.58. The zero-order chi connectivity index (χ0) is 22.5. The van der Waals surface area contributed by atoms with Crippen LogP contribution >= 0.6 is 11.8 Å². The fourth-order valence-electron chi connectivity index (χ4n) is 3.61. The molecule has 0 aliphatic carbocycles. The van der Waals surface area contributed by atoms with Gasteiger partial charge in [-0.05, 0) is 35.4 Å². The van der Waals surface area contributed by atoms with E-state index in [1.807, 2.05) is 77.5 Å². The molecule has 0 unspecified atom stereocenters. The third-order valence-corrected chi connectivity index (χ3v) is 6.28. The average Bonchev–Trinajstić information content (AvgIpc) is 3.51. The molecule has 0 aliphatic heterocycles. The lowest BCUT2D eigenvalue weighted by atomic mass is 10.1. The van der Waals surface area contributed by atoms with E-state index in [1.54, 1.807) is 22.8 Å². The lowest BCUT2D eigenvalue weighted by Crippen LogP contribution is -2.23. The summed E-state index contributed by atoms with van der Waals surface area (Å²) in [5, 5.41) is 7.20. The predicted octanol–water partition coefficient (Wildman–Crippen LogP) is 4.20. The van der Waals surface area contributed by atoms with Crippen molar-refractivity contribution < 1.29 is 4.79 Å². The molecule has 2 aromatic carbocycles. The highest BCUT2D eigenvalue weighted by Crippen LogP contribution is 2.26. The lowest BCUT2D eigenvalue weighted by Gasteiger charge is -2.10. The maximum Gasteiger partial charge on any atom is 0.252 e. The Morgan fingerprint density at radius 1 is 1.00 bits per heavy atom. The van der Waals surface area contributed by atoms with Gasteiger partial charge in [-0.2, -0.15) is 5.10 Å². The molecule has 5 aromatic rings. The first-order chi connectivity index (χ1) is 16.2. The molecule has 1 amide bonds. The van der Waals surface area contributed by atoms with E-state index in [1.165, 1.54) is 6.33 Å². The van der Waals surface area contributed by atoms with E-state index in [2.05, 4.69) is 26.4 Å². The molecule has 164 valence electrons.